The number of aryl methyl sites for hydroxylation is 1. The van der Waals surface area contributed by atoms with E-state index in [1.807, 2.05) is 19.1 Å². The van der Waals surface area contributed by atoms with Crippen LogP contribution in [0.4, 0.5) is 5.82 Å². The molecule has 9 nitrogen and oxygen atoms in total. The highest BCUT2D eigenvalue weighted by Gasteiger charge is 2.16. The molecule has 24 heavy (non-hydrogen) atoms. The maximum Gasteiger partial charge on any atom is 0.328 e. The Kier molecular flexibility index (Phi) is 3.12. The first-order valence-electron chi connectivity index (χ1n) is 7.29. The van der Waals surface area contributed by atoms with Crippen LogP contribution in [0.3, 0.4) is 0 Å². The first kappa shape index (κ1) is 14.1. The van der Waals surface area contributed by atoms with E-state index in [0.717, 1.165) is 11.3 Å². The lowest BCUT2D eigenvalue weighted by atomic mass is 10.2. The summed E-state index contributed by atoms with van der Waals surface area (Å²) < 4.78 is 1.51. The third-order valence-electron chi connectivity index (χ3n) is 3.67. The van der Waals surface area contributed by atoms with E-state index in [4.69, 9.17) is 5.73 Å². The van der Waals surface area contributed by atoms with Crippen LogP contribution < -0.4 is 11.4 Å². The van der Waals surface area contributed by atoms with Crippen molar-refractivity contribution in [2.24, 2.45) is 0 Å². The van der Waals surface area contributed by atoms with E-state index in [1.165, 1.54) is 4.57 Å². The average Bonchev–Trinajstić information content (AvgIpc) is 3.19. The fourth-order valence-corrected chi connectivity index (χ4v) is 2.47. The van der Waals surface area contributed by atoms with E-state index < -0.39 is 0 Å². The van der Waals surface area contributed by atoms with Crippen molar-refractivity contribution in [3.8, 4) is 11.6 Å². The number of H-pyrrole nitrogens is 2. The highest BCUT2D eigenvalue weighted by Crippen LogP contribution is 2.19. The third kappa shape index (κ3) is 2.32. The first-order valence-corrected chi connectivity index (χ1v) is 7.29. The van der Waals surface area contributed by atoms with Gasteiger partial charge in [-0.2, -0.15) is 0 Å². The summed E-state index contributed by atoms with van der Waals surface area (Å²) in [6.07, 6.45) is 5.00. The summed E-state index contributed by atoms with van der Waals surface area (Å²) in [6.45, 7) is 2.24. The Bertz CT molecular complexity index is 1060. The molecule has 0 fully saturated rings. The normalized spacial score (nSPS) is 11.2. The van der Waals surface area contributed by atoms with Crippen molar-refractivity contribution in [2.75, 3.05) is 5.73 Å². The predicted molar refractivity (Wildman–Crippen MR) is 88.2 cm³/mol. The molecule has 0 atom stereocenters. The van der Waals surface area contributed by atoms with Gasteiger partial charge < -0.3 is 15.7 Å². The molecule has 0 aliphatic heterocycles. The average molecular weight is 322 g/mol. The largest absolute Gasteiger partial charge is 0.382 e. The molecular weight excluding hydrogens is 308 g/mol. The van der Waals surface area contributed by atoms with E-state index >= 15 is 0 Å². The van der Waals surface area contributed by atoms with Crippen LogP contribution in [0.5, 0.6) is 0 Å². The van der Waals surface area contributed by atoms with Crippen LogP contribution in [0.2, 0.25) is 0 Å². The summed E-state index contributed by atoms with van der Waals surface area (Å²) in [6, 6.07) is 3.82. The molecule has 0 bridgehead atoms. The number of nitrogens with zero attached hydrogens (tertiary/aromatic N) is 5. The first-order chi connectivity index (χ1) is 11.6. The fourth-order valence-electron chi connectivity index (χ4n) is 2.47. The molecule has 0 aliphatic rings. The van der Waals surface area contributed by atoms with Crippen molar-refractivity contribution < 1.29 is 0 Å². The number of fused-ring (bicyclic) bond motifs is 1. The Morgan fingerprint density at radius 1 is 1.25 bits per heavy atom. The fraction of sp³-hybridized carbons (Fsp3) is 0.133. The van der Waals surface area contributed by atoms with Crippen molar-refractivity contribution in [1.82, 2.24) is 34.5 Å². The lowest BCUT2D eigenvalue weighted by molar-refractivity contribution is 0.773. The minimum Gasteiger partial charge on any atom is -0.382 e. The topological polar surface area (TPSA) is 131 Å². The standard InChI is InChI=1S/C15H14N8O/c1-8-2-3-9(6-19-8)7-23-14-10(20-15(23)24)11(16)21-13(22-14)12-17-4-5-18-12/h2-6H,7H2,1H3,(H,17,18)(H,20,24)(H2,16,21,22). The number of pyridine rings is 1. The van der Waals surface area contributed by atoms with Gasteiger partial charge >= 0.3 is 5.69 Å². The Morgan fingerprint density at radius 2 is 2.12 bits per heavy atom. The van der Waals surface area contributed by atoms with Gasteiger partial charge in [0.05, 0.1) is 6.54 Å². The van der Waals surface area contributed by atoms with E-state index in [9.17, 15) is 4.79 Å². The Labute approximate surface area is 135 Å². The van der Waals surface area contributed by atoms with Gasteiger partial charge in [-0.25, -0.2) is 19.7 Å². The molecule has 4 rings (SSSR count). The Morgan fingerprint density at radius 3 is 2.83 bits per heavy atom. The summed E-state index contributed by atoms with van der Waals surface area (Å²) in [5.74, 6) is 1.02. The number of anilines is 1. The number of hydrogen-bond acceptors (Lipinski definition) is 6. The van der Waals surface area contributed by atoms with Crippen LogP contribution in [0.15, 0.2) is 35.5 Å². The molecule has 4 N–H and O–H groups in total. The summed E-state index contributed by atoms with van der Waals surface area (Å²) in [5, 5.41) is 0. The highest BCUT2D eigenvalue weighted by molar-refractivity contribution is 5.83. The molecule has 4 aromatic rings. The molecule has 0 aliphatic carbocycles. The summed E-state index contributed by atoms with van der Waals surface area (Å²) >= 11 is 0. The predicted octanol–water partition coefficient (Wildman–Crippen LogP) is 0.844. The molecule has 0 spiro atoms. The summed E-state index contributed by atoms with van der Waals surface area (Å²) in [7, 11) is 0. The van der Waals surface area contributed by atoms with Crippen LogP contribution in [-0.2, 0) is 6.54 Å². The van der Waals surface area contributed by atoms with Gasteiger partial charge in [-0.1, -0.05) is 6.07 Å². The molecule has 0 saturated carbocycles. The second-order valence-corrected chi connectivity index (χ2v) is 5.39. The quantitative estimate of drug-likeness (QED) is 0.512. The van der Waals surface area contributed by atoms with E-state index in [1.54, 1.807) is 18.6 Å². The molecule has 0 aromatic carbocycles. The molecule has 9 heteroatoms. The van der Waals surface area contributed by atoms with Gasteiger partial charge in [0, 0.05) is 24.3 Å². The summed E-state index contributed by atoms with van der Waals surface area (Å²) in [5.41, 5.74) is 8.31. The van der Waals surface area contributed by atoms with E-state index in [-0.39, 0.29) is 11.5 Å². The van der Waals surface area contributed by atoms with Crippen molar-refractivity contribution in [2.45, 2.75) is 13.5 Å². The maximum absolute atomic E-state index is 12.3. The zero-order valence-electron chi connectivity index (χ0n) is 12.8. The lowest BCUT2D eigenvalue weighted by Gasteiger charge is -2.05. The van der Waals surface area contributed by atoms with Crippen molar-refractivity contribution in [1.29, 1.82) is 0 Å². The monoisotopic (exact) mass is 322 g/mol. The molecule has 0 amide bonds. The minimum absolute atomic E-state index is 0.198. The van der Waals surface area contributed by atoms with Gasteiger partial charge in [0.1, 0.15) is 5.52 Å². The van der Waals surface area contributed by atoms with Gasteiger partial charge in [0.15, 0.2) is 23.1 Å². The SMILES string of the molecule is Cc1ccc(Cn2c(=O)[nH]c3c(N)nc(-c4ncc[nH]4)nc32)cn1. The van der Waals surface area contributed by atoms with Gasteiger partial charge in [-0.05, 0) is 18.6 Å². The maximum atomic E-state index is 12.3. The number of imidazole rings is 2. The van der Waals surface area contributed by atoms with Gasteiger partial charge in [0.25, 0.3) is 0 Å². The molecule has 0 unspecified atom stereocenters. The minimum atomic E-state index is -0.303. The molecule has 4 aromatic heterocycles. The van der Waals surface area contributed by atoms with Crippen LogP contribution in [-0.4, -0.2) is 34.5 Å². The van der Waals surface area contributed by atoms with Gasteiger partial charge in [0.2, 0.25) is 0 Å². The second-order valence-electron chi connectivity index (χ2n) is 5.39. The number of nitrogen functional groups attached to an aromatic ring is 1. The molecule has 0 saturated heterocycles. The van der Waals surface area contributed by atoms with Crippen LogP contribution in [0, 0.1) is 6.92 Å². The van der Waals surface area contributed by atoms with Crippen LogP contribution in [0.1, 0.15) is 11.3 Å². The number of aromatic amines is 2. The molecule has 0 radical (unpaired) electrons. The van der Waals surface area contributed by atoms with Crippen LogP contribution >= 0.6 is 0 Å². The molecule has 4 heterocycles. The van der Waals surface area contributed by atoms with E-state index in [2.05, 4.69) is 29.9 Å². The zero-order valence-corrected chi connectivity index (χ0v) is 12.8. The number of nitrogens with one attached hydrogen (secondary N) is 2. The van der Waals surface area contributed by atoms with Gasteiger partial charge in [-0.15, -0.1) is 0 Å². The molecular formula is C15H14N8O. The number of nitrogens with two attached hydrogens (primary N) is 1. The highest BCUT2D eigenvalue weighted by atomic mass is 16.1. The van der Waals surface area contributed by atoms with Crippen LogP contribution in [0.25, 0.3) is 22.8 Å². The van der Waals surface area contributed by atoms with Crippen molar-refractivity contribution >= 4 is 17.0 Å². The third-order valence-corrected chi connectivity index (χ3v) is 3.67. The Hall–Kier alpha value is -3.49. The summed E-state index contributed by atoms with van der Waals surface area (Å²) in [4.78, 5) is 34.9. The van der Waals surface area contributed by atoms with Gasteiger partial charge in [-0.3, -0.25) is 9.55 Å². The van der Waals surface area contributed by atoms with Crippen molar-refractivity contribution in [3.63, 3.8) is 0 Å². The lowest BCUT2D eigenvalue weighted by Crippen LogP contribution is -2.18. The second kappa shape index (κ2) is 5.30. The number of rotatable bonds is 3. The smallest absolute Gasteiger partial charge is 0.328 e. The van der Waals surface area contributed by atoms with E-state index in [0.29, 0.717) is 29.4 Å². The Balaban J connectivity index is 1.87. The number of hydrogen-bond donors (Lipinski definition) is 3. The number of aromatic nitrogens is 7. The molecule has 120 valence electrons. The van der Waals surface area contributed by atoms with Crippen molar-refractivity contribution in [3.05, 3.63) is 52.5 Å². The zero-order chi connectivity index (χ0) is 16.7.